The van der Waals surface area contributed by atoms with Gasteiger partial charge in [0.25, 0.3) is 5.69 Å². The van der Waals surface area contributed by atoms with Crippen molar-refractivity contribution in [1.29, 1.82) is 0 Å². The SMILES string of the molecule is CC(C)(CCOC(=O)Oc1ccc([N+](=O)[O-])cc1)CN(CC(O)C(Cc1ccccc1)NC(=O)OC1COC2OCCC12)S(=O)(=O)c1ccc2c(c1)OCO2. The minimum absolute atomic E-state index is 0.0423. The molecule has 3 heterocycles. The summed E-state index contributed by atoms with van der Waals surface area (Å²) in [6.07, 6.45) is -3.25. The van der Waals surface area contributed by atoms with Gasteiger partial charge in [-0.25, -0.2) is 18.0 Å². The molecule has 2 saturated heterocycles. The van der Waals surface area contributed by atoms with Crippen LogP contribution in [-0.4, -0.2) is 99.2 Å². The molecule has 0 saturated carbocycles. The van der Waals surface area contributed by atoms with Gasteiger partial charge in [0.15, 0.2) is 17.8 Å². The van der Waals surface area contributed by atoms with E-state index in [0.717, 1.165) is 9.87 Å². The third kappa shape index (κ3) is 10.2. The third-order valence-electron chi connectivity index (χ3n) is 9.53. The van der Waals surface area contributed by atoms with Crippen molar-refractivity contribution in [3.8, 4) is 17.2 Å². The number of nitro groups is 1. The predicted molar refractivity (Wildman–Crippen MR) is 192 cm³/mol. The van der Waals surface area contributed by atoms with Gasteiger partial charge in [-0.2, -0.15) is 4.31 Å². The van der Waals surface area contributed by atoms with E-state index < -0.39 is 63.7 Å². The van der Waals surface area contributed by atoms with Gasteiger partial charge in [-0.3, -0.25) is 10.1 Å². The van der Waals surface area contributed by atoms with Crippen LogP contribution in [0.2, 0.25) is 0 Å². The lowest BCUT2D eigenvalue weighted by Crippen LogP contribution is -2.52. The number of nitro benzene ring substituents is 1. The molecular formula is C37H43N3O14S. The number of nitrogens with one attached hydrogen (secondary N) is 1. The summed E-state index contributed by atoms with van der Waals surface area (Å²) in [4.78, 5) is 35.9. The molecule has 0 aliphatic carbocycles. The molecule has 3 aliphatic rings. The van der Waals surface area contributed by atoms with Crippen LogP contribution in [0.25, 0.3) is 0 Å². The van der Waals surface area contributed by atoms with Gasteiger partial charge in [-0.05, 0) is 54.5 Å². The van der Waals surface area contributed by atoms with Crippen molar-refractivity contribution in [1.82, 2.24) is 9.62 Å². The lowest BCUT2D eigenvalue weighted by molar-refractivity contribution is -0.384. The van der Waals surface area contributed by atoms with Crippen molar-refractivity contribution < 1.29 is 61.2 Å². The molecule has 3 aromatic carbocycles. The summed E-state index contributed by atoms with van der Waals surface area (Å²) in [6, 6.07) is 17.2. The summed E-state index contributed by atoms with van der Waals surface area (Å²) < 4.78 is 67.9. The zero-order valence-corrected chi connectivity index (χ0v) is 31.1. The molecule has 5 atom stereocenters. The number of aliphatic hydroxyl groups excluding tert-OH is 1. The first-order valence-corrected chi connectivity index (χ1v) is 19.1. The summed E-state index contributed by atoms with van der Waals surface area (Å²) in [7, 11) is -4.32. The van der Waals surface area contributed by atoms with E-state index in [-0.39, 0.29) is 67.4 Å². The quantitative estimate of drug-likeness (QED) is 0.0892. The number of sulfonamides is 1. The maximum atomic E-state index is 14.4. The van der Waals surface area contributed by atoms with E-state index in [2.05, 4.69) is 5.32 Å². The summed E-state index contributed by atoms with van der Waals surface area (Å²) >= 11 is 0. The van der Waals surface area contributed by atoms with Crippen LogP contribution in [0.3, 0.4) is 0 Å². The van der Waals surface area contributed by atoms with Crippen LogP contribution in [0, 0.1) is 21.4 Å². The minimum atomic E-state index is -4.32. The van der Waals surface area contributed by atoms with Crippen molar-refractivity contribution in [2.24, 2.45) is 11.3 Å². The number of nitrogens with zero attached hydrogens (tertiary/aromatic N) is 2. The van der Waals surface area contributed by atoms with Crippen molar-refractivity contribution in [2.45, 2.75) is 62.5 Å². The standard InChI is InChI=1S/C37H43N3O14S/c1-37(2,15-17-49-36(43)53-26-10-8-25(9-11-26)40(44)45)22-39(55(46,47)27-12-13-31-32(19-27)52-23-51-31)20-30(41)29(18-24-6-4-3-5-7-24)38-35(42)54-33-21-50-34-28(33)14-16-48-34/h3-13,19,28-30,33-34,41H,14-18,20-23H2,1-2H3,(H,38,42). The Hall–Kier alpha value is -5.01. The highest BCUT2D eigenvalue weighted by atomic mass is 32.2. The average Bonchev–Trinajstić information content (AvgIpc) is 3.90. The molecule has 18 heteroatoms. The van der Waals surface area contributed by atoms with Crippen molar-refractivity contribution in [3.63, 3.8) is 0 Å². The maximum absolute atomic E-state index is 14.4. The molecule has 5 unspecified atom stereocenters. The van der Waals surface area contributed by atoms with Crippen LogP contribution in [-0.2, 0) is 35.4 Å². The van der Waals surface area contributed by atoms with E-state index >= 15 is 0 Å². The van der Waals surface area contributed by atoms with E-state index in [1.807, 2.05) is 30.3 Å². The Kier molecular flexibility index (Phi) is 12.4. The molecule has 0 spiro atoms. The zero-order chi connectivity index (χ0) is 39.2. The van der Waals surface area contributed by atoms with Gasteiger partial charge in [0.1, 0.15) is 11.9 Å². The summed E-state index contributed by atoms with van der Waals surface area (Å²) in [5, 5.41) is 25.5. The molecule has 3 aliphatic heterocycles. The second-order valence-corrected chi connectivity index (χ2v) is 16.1. The maximum Gasteiger partial charge on any atom is 0.513 e. The second kappa shape index (κ2) is 17.2. The number of fused-ring (bicyclic) bond motifs is 2. The molecule has 6 rings (SSSR count). The van der Waals surface area contributed by atoms with Gasteiger partial charge in [-0.15, -0.1) is 0 Å². The zero-order valence-electron chi connectivity index (χ0n) is 30.2. The highest BCUT2D eigenvalue weighted by Gasteiger charge is 2.44. The minimum Gasteiger partial charge on any atom is -0.454 e. The molecule has 2 fully saturated rings. The fraction of sp³-hybridized carbons (Fsp3) is 0.459. The lowest BCUT2D eigenvalue weighted by atomic mass is 9.89. The van der Waals surface area contributed by atoms with Gasteiger partial charge >= 0.3 is 12.2 Å². The van der Waals surface area contributed by atoms with Gasteiger partial charge in [0, 0.05) is 31.3 Å². The first-order chi connectivity index (χ1) is 26.3. The number of carbonyl (C=O) groups is 2. The molecule has 3 aromatic rings. The number of carbonyl (C=O) groups excluding carboxylic acids is 2. The number of benzene rings is 3. The molecule has 55 heavy (non-hydrogen) atoms. The Labute approximate surface area is 317 Å². The number of aliphatic hydroxyl groups is 1. The Morgan fingerprint density at radius 1 is 1.05 bits per heavy atom. The van der Waals surface area contributed by atoms with Crippen LogP contribution in [0.15, 0.2) is 77.7 Å². The van der Waals surface area contributed by atoms with Gasteiger partial charge in [0.2, 0.25) is 16.8 Å². The molecule has 17 nitrogen and oxygen atoms in total. The number of non-ortho nitro benzene ring substituents is 1. The molecule has 0 bridgehead atoms. The van der Waals surface area contributed by atoms with Gasteiger partial charge in [0.05, 0.1) is 47.7 Å². The first kappa shape index (κ1) is 39.7. The second-order valence-electron chi connectivity index (χ2n) is 14.2. The van der Waals surface area contributed by atoms with Gasteiger partial charge < -0.3 is 43.6 Å². The number of rotatable bonds is 16. The number of hydrogen-bond donors (Lipinski definition) is 2. The highest BCUT2D eigenvalue weighted by molar-refractivity contribution is 7.89. The Balaban J connectivity index is 1.17. The Bertz CT molecular complexity index is 1930. The van der Waals surface area contributed by atoms with E-state index in [0.29, 0.717) is 18.8 Å². The first-order valence-electron chi connectivity index (χ1n) is 17.7. The monoisotopic (exact) mass is 785 g/mol. The van der Waals surface area contributed by atoms with Crippen LogP contribution >= 0.6 is 0 Å². The number of amides is 1. The average molecular weight is 786 g/mol. The van der Waals surface area contributed by atoms with Crippen LogP contribution in [0.4, 0.5) is 15.3 Å². The van der Waals surface area contributed by atoms with E-state index in [1.54, 1.807) is 13.8 Å². The Morgan fingerprint density at radius 3 is 2.55 bits per heavy atom. The summed E-state index contributed by atoms with van der Waals surface area (Å²) in [5.74, 6) is 0.567. The lowest BCUT2D eigenvalue weighted by Gasteiger charge is -2.35. The molecule has 2 N–H and O–H groups in total. The molecule has 1 amide bonds. The fourth-order valence-corrected chi connectivity index (χ4v) is 8.18. The van der Waals surface area contributed by atoms with E-state index in [4.69, 9.17) is 33.2 Å². The smallest absolute Gasteiger partial charge is 0.454 e. The van der Waals surface area contributed by atoms with Crippen molar-refractivity contribution in [2.75, 3.05) is 39.7 Å². The number of alkyl carbamates (subject to hydrolysis) is 1. The van der Waals surface area contributed by atoms with Crippen molar-refractivity contribution >= 4 is 28.0 Å². The fourth-order valence-electron chi connectivity index (χ4n) is 6.52. The molecule has 0 radical (unpaired) electrons. The Morgan fingerprint density at radius 2 is 1.80 bits per heavy atom. The molecule has 296 valence electrons. The molecule has 0 aromatic heterocycles. The predicted octanol–water partition coefficient (Wildman–Crippen LogP) is 4.41. The van der Waals surface area contributed by atoms with Gasteiger partial charge in [-0.1, -0.05) is 44.2 Å². The number of hydrogen-bond acceptors (Lipinski definition) is 14. The van der Waals surface area contributed by atoms with E-state index in [1.165, 1.54) is 42.5 Å². The van der Waals surface area contributed by atoms with Crippen molar-refractivity contribution in [3.05, 3.63) is 88.5 Å². The number of ether oxygens (including phenoxy) is 7. The summed E-state index contributed by atoms with van der Waals surface area (Å²) in [5.41, 5.74) is -0.240. The van der Waals surface area contributed by atoms with Crippen LogP contribution < -0.4 is 19.5 Å². The highest BCUT2D eigenvalue weighted by Crippen LogP contribution is 2.36. The van der Waals surface area contributed by atoms with Crippen LogP contribution in [0.1, 0.15) is 32.3 Å². The molecular weight excluding hydrogens is 742 g/mol. The van der Waals surface area contributed by atoms with Crippen LogP contribution in [0.5, 0.6) is 17.2 Å². The largest absolute Gasteiger partial charge is 0.513 e. The topological polar surface area (TPSA) is 212 Å². The normalized spacial score (nSPS) is 20.0. The summed E-state index contributed by atoms with van der Waals surface area (Å²) in [6.45, 7) is 3.39. The van der Waals surface area contributed by atoms with E-state index in [9.17, 15) is 33.2 Å². The third-order valence-corrected chi connectivity index (χ3v) is 11.3.